The Kier molecular flexibility index (Phi) is 5.23. The molecule has 0 heterocycles. The van der Waals surface area contributed by atoms with Crippen molar-refractivity contribution in [3.63, 3.8) is 0 Å². The van der Waals surface area contributed by atoms with Crippen LogP contribution in [0.4, 0.5) is 0 Å². The molecule has 0 aromatic heterocycles. The molecule has 2 aromatic carbocycles. The van der Waals surface area contributed by atoms with Gasteiger partial charge in [-0.25, -0.2) is 0 Å². The average molecular weight is 304 g/mol. The van der Waals surface area contributed by atoms with Crippen LogP contribution in [0.3, 0.4) is 0 Å². The summed E-state index contributed by atoms with van der Waals surface area (Å²) in [6.45, 7) is 1.96. The molecule has 1 unspecified atom stereocenters. The Morgan fingerprint density at radius 1 is 1.24 bits per heavy atom. The summed E-state index contributed by atoms with van der Waals surface area (Å²) in [5.41, 5.74) is 1.94. The fraction of sp³-hybridized carbons (Fsp3) is 0.235. The van der Waals surface area contributed by atoms with Gasteiger partial charge in [-0.1, -0.05) is 35.9 Å². The van der Waals surface area contributed by atoms with E-state index in [-0.39, 0.29) is 11.9 Å². The molecule has 110 valence electrons. The molecule has 0 radical (unpaired) electrons. The molecule has 1 atom stereocenters. The second kappa shape index (κ2) is 7.14. The van der Waals surface area contributed by atoms with Gasteiger partial charge in [0.2, 0.25) is 5.91 Å². The number of nitrogens with one attached hydrogen (secondary N) is 1. The Morgan fingerprint density at radius 2 is 1.95 bits per heavy atom. The van der Waals surface area contributed by atoms with Crippen LogP contribution in [0.25, 0.3) is 0 Å². The molecule has 0 saturated heterocycles. The molecular weight excluding hydrogens is 286 g/mol. The van der Waals surface area contributed by atoms with Gasteiger partial charge in [0.15, 0.2) is 0 Å². The maximum Gasteiger partial charge on any atom is 0.224 e. The van der Waals surface area contributed by atoms with E-state index in [1.165, 1.54) is 0 Å². The molecule has 2 rings (SSSR count). The molecule has 0 aliphatic heterocycles. The summed E-state index contributed by atoms with van der Waals surface area (Å²) >= 11 is 5.91. The quantitative estimate of drug-likeness (QED) is 0.913. The molecule has 0 bridgehead atoms. The second-order valence-electron chi connectivity index (χ2n) is 4.87. The lowest BCUT2D eigenvalue weighted by Crippen LogP contribution is -2.28. The zero-order chi connectivity index (χ0) is 15.2. The number of methoxy groups -OCH3 is 1. The minimum Gasteiger partial charge on any atom is -0.497 e. The highest BCUT2D eigenvalue weighted by Gasteiger charge is 2.10. The van der Waals surface area contributed by atoms with E-state index in [1.54, 1.807) is 19.2 Å². The monoisotopic (exact) mass is 303 g/mol. The summed E-state index contributed by atoms with van der Waals surface area (Å²) < 4.78 is 5.12. The van der Waals surface area contributed by atoms with Crippen LogP contribution in [0.1, 0.15) is 24.1 Å². The van der Waals surface area contributed by atoms with E-state index in [9.17, 15) is 4.79 Å². The first-order valence-corrected chi connectivity index (χ1v) is 7.14. The molecule has 1 amide bonds. The van der Waals surface area contributed by atoms with Gasteiger partial charge in [-0.15, -0.1) is 0 Å². The first kappa shape index (κ1) is 15.4. The van der Waals surface area contributed by atoms with Crippen molar-refractivity contribution < 1.29 is 9.53 Å². The fourth-order valence-corrected chi connectivity index (χ4v) is 2.31. The molecule has 3 nitrogen and oxygen atoms in total. The fourth-order valence-electron chi connectivity index (χ4n) is 2.10. The number of halogens is 1. The maximum atomic E-state index is 12.1. The summed E-state index contributed by atoms with van der Waals surface area (Å²) in [6, 6.07) is 14.9. The first-order valence-electron chi connectivity index (χ1n) is 6.76. The number of rotatable bonds is 5. The van der Waals surface area contributed by atoms with Crippen molar-refractivity contribution in [3.05, 3.63) is 64.7 Å². The van der Waals surface area contributed by atoms with Crippen LogP contribution in [0, 0.1) is 0 Å². The van der Waals surface area contributed by atoms with E-state index in [4.69, 9.17) is 16.3 Å². The number of hydrogen-bond donors (Lipinski definition) is 1. The Morgan fingerprint density at radius 3 is 2.57 bits per heavy atom. The Labute approximate surface area is 129 Å². The van der Waals surface area contributed by atoms with E-state index in [1.807, 2.05) is 43.3 Å². The summed E-state index contributed by atoms with van der Waals surface area (Å²) in [5.74, 6) is 0.775. The normalized spacial score (nSPS) is 11.8. The highest BCUT2D eigenvalue weighted by atomic mass is 35.5. The average Bonchev–Trinajstić information content (AvgIpc) is 2.47. The van der Waals surface area contributed by atoms with E-state index >= 15 is 0 Å². The molecule has 4 heteroatoms. The number of ether oxygens (including phenoxy) is 1. The molecule has 0 spiro atoms. The first-order chi connectivity index (χ1) is 10.1. The van der Waals surface area contributed by atoms with Gasteiger partial charge >= 0.3 is 0 Å². The minimum atomic E-state index is -0.0532. The zero-order valence-electron chi connectivity index (χ0n) is 12.1. The minimum absolute atomic E-state index is 0.0272. The standard InChI is InChI=1S/C17H18ClNO2/c1-12(14-6-8-16(21-2)9-7-14)19-17(20)11-13-4-3-5-15(18)10-13/h3-10,12H,11H2,1-2H3,(H,19,20). The lowest BCUT2D eigenvalue weighted by molar-refractivity contribution is -0.121. The Balaban J connectivity index is 1.95. The predicted octanol–water partition coefficient (Wildman–Crippen LogP) is 3.77. The number of amides is 1. The third kappa shape index (κ3) is 4.50. The second-order valence-corrected chi connectivity index (χ2v) is 5.31. The van der Waals surface area contributed by atoms with Crippen molar-refractivity contribution in [1.29, 1.82) is 0 Å². The van der Waals surface area contributed by atoms with Gasteiger partial charge in [-0.05, 0) is 42.3 Å². The molecule has 0 saturated carbocycles. The lowest BCUT2D eigenvalue weighted by Gasteiger charge is -2.15. The SMILES string of the molecule is COc1ccc(C(C)NC(=O)Cc2cccc(Cl)c2)cc1. The molecule has 0 aliphatic carbocycles. The summed E-state index contributed by atoms with van der Waals surface area (Å²) in [4.78, 5) is 12.1. The largest absolute Gasteiger partial charge is 0.497 e. The maximum absolute atomic E-state index is 12.1. The topological polar surface area (TPSA) is 38.3 Å². The van der Waals surface area contributed by atoms with Crippen molar-refractivity contribution in [2.45, 2.75) is 19.4 Å². The van der Waals surface area contributed by atoms with Crippen molar-refractivity contribution in [2.75, 3.05) is 7.11 Å². The van der Waals surface area contributed by atoms with E-state index in [0.717, 1.165) is 16.9 Å². The molecule has 0 aliphatic rings. The van der Waals surface area contributed by atoms with Gasteiger partial charge in [0.05, 0.1) is 19.6 Å². The predicted molar refractivity (Wildman–Crippen MR) is 84.7 cm³/mol. The Bertz CT molecular complexity index is 610. The van der Waals surface area contributed by atoms with E-state index in [0.29, 0.717) is 11.4 Å². The van der Waals surface area contributed by atoms with Crippen LogP contribution >= 0.6 is 11.6 Å². The van der Waals surface area contributed by atoms with Gasteiger partial charge in [-0.2, -0.15) is 0 Å². The third-order valence-corrected chi connectivity index (χ3v) is 3.48. The highest BCUT2D eigenvalue weighted by molar-refractivity contribution is 6.30. The molecule has 2 aromatic rings. The van der Waals surface area contributed by atoms with Gasteiger partial charge in [0.1, 0.15) is 5.75 Å². The van der Waals surface area contributed by atoms with Crippen molar-refractivity contribution in [2.24, 2.45) is 0 Å². The third-order valence-electron chi connectivity index (χ3n) is 3.25. The smallest absolute Gasteiger partial charge is 0.224 e. The van der Waals surface area contributed by atoms with Crippen molar-refractivity contribution >= 4 is 17.5 Å². The van der Waals surface area contributed by atoms with Gasteiger partial charge < -0.3 is 10.1 Å². The van der Waals surface area contributed by atoms with Crippen molar-refractivity contribution in [1.82, 2.24) is 5.32 Å². The number of hydrogen-bond acceptors (Lipinski definition) is 2. The van der Waals surface area contributed by atoms with Gasteiger partial charge in [-0.3, -0.25) is 4.79 Å². The molecule has 1 N–H and O–H groups in total. The van der Waals surface area contributed by atoms with Crippen LogP contribution in [0.15, 0.2) is 48.5 Å². The molecular formula is C17H18ClNO2. The molecule has 0 fully saturated rings. The van der Waals surface area contributed by atoms with Crippen LogP contribution in [0.2, 0.25) is 5.02 Å². The summed E-state index contributed by atoms with van der Waals surface area (Å²) in [5, 5.41) is 3.62. The van der Waals surface area contributed by atoms with E-state index in [2.05, 4.69) is 5.32 Å². The number of carbonyl (C=O) groups is 1. The lowest BCUT2D eigenvalue weighted by atomic mass is 10.1. The highest BCUT2D eigenvalue weighted by Crippen LogP contribution is 2.17. The van der Waals surface area contributed by atoms with Crippen LogP contribution in [-0.4, -0.2) is 13.0 Å². The number of benzene rings is 2. The van der Waals surface area contributed by atoms with Crippen LogP contribution in [-0.2, 0) is 11.2 Å². The van der Waals surface area contributed by atoms with Crippen molar-refractivity contribution in [3.8, 4) is 5.75 Å². The number of carbonyl (C=O) groups excluding carboxylic acids is 1. The van der Waals surface area contributed by atoms with Gasteiger partial charge in [0.25, 0.3) is 0 Å². The Hall–Kier alpha value is -2.00. The van der Waals surface area contributed by atoms with Crippen LogP contribution in [0.5, 0.6) is 5.75 Å². The van der Waals surface area contributed by atoms with Crippen LogP contribution < -0.4 is 10.1 Å². The zero-order valence-corrected chi connectivity index (χ0v) is 12.9. The molecule has 21 heavy (non-hydrogen) atoms. The summed E-state index contributed by atoms with van der Waals surface area (Å²) in [7, 11) is 1.63. The van der Waals surface area contributed by atoms with E-state index < -0.39 is 0 Å². The summed E-state index contributed by atoms with van der Waals surface area (Å²) in [6.07, 6.45) is 0.320. The van der Waals surface area contributed by atoms with Gasteiger partial charge in [0, 0.05) is 5.02 Å².